The lowest BCUT2D eigenvalue weighted by molar-refractivity contribution is -0.143. The Hall–Kier alpha value is -0.790. The van der Waals surface area contributed by atoms with Crippen LogP contribution in [0.5, 0.6) is 0 Å². The van der Waals surface area contributed by atoms with Gasteiger partial charge in [-0.3, -0.25) is 4.79 Å². The summed E-state index contributed by atoms with van der Waals surface area (Å²) in [4.78, 5) is 11.1. The normalized spacial score (nSPS) is 40.8. The van der Waals surface area contributed by atoms with E-state index < -0.39 is 5.97 Å². The molecule has 2 nitrogen and oxygen atoms in total. The van der Waals surface area contributed by atoms with E-state index >= 15 is 0 Å². The molecule has 0 amide bonds. The molecule has 0 heterocycles. The van der Waals surface area contributed by atoms with E-state index in [2.05, 4.69) is 12.7 Å². The van der Waals surface area contributed by atoms with Gasteiger partial charge in [0.25, 0.3) is 0 Å². The highest BCUT2D eigenvalue weighted by molar-refractivity contribution is 5.69. The summed E-state index contributed by atoms with van der Waals surface area (Å²) in [6.45, 7) is 3.90. The molecule has 0 bridgehead atoms. The maximum absolute atomic E-state index is 11.1. The Morgan fingerprint density at radius 2 is 1.12 bits per heavy atom. The summed E-state index contributed by atoms with van der Waals surface area (Å²) in [5.74, 6) is 4.00. The van der Waals surface area contributed by atoms with Crippen LogP contribution in [0.1, 0.15) is 83.5 Å². The van der Waals surface area contributed by atoms with Gasteiger partial charge >= 0.3 is 5.97 Å². The largest absolute Gasteiger partial charge is 0.481 e. The van der Waals surface area contributed by atoms with Crippen LogP contribution in [-0.2, 0) is 4.79 Å². The lowest BCUT2D eigenvalue weighted by atomic mass is 9.65. The number of carboxylic acid groups (broad SMARTS) is 1. The first-order valence-corrected chi connectivity index (χ1v) is 10.5. The minimum atomic E-state index is -0.566. The van der Waals surface area contributed by atoms with Gasteiger partial charge in [-0.25, -0.2) is 0 Å². The van der Waals surface area contributed by atoms with Gasteiger partial charge in [0, 0.05) is 0 Å². The number of carboxylic acids is 1. The average Bonchev–Trinajstić information content (AvgIpc) is 2.63. The van der Waals surface area contributed by atoms with Crippen LogP contribution in [0.25, 0.3) is 0 Å². The zero-order valence-corrected chi connectivity index (χ0v) is 15.3. The number of rotatable bonds is 5. The van der Waals surface area contributed by atoms with E-state index in [1.54, 1.807) is 0 Å². The molecule has 24 heavy (non-hydrogen) atoms. The van der Waals surface area contributed by atoms with E-state index in [4.69, 9.17) is 5.11 Å². The minimum Gasteiger partial charge on any atom is -0.481 e. The van der Waals surface area contributed by atoms with Crippen LogP contribution in [0.15, 0.2) is 12.7 Å². The fourth-order valence-electron chi connectivity index (χ4n) is 6.06. The van der Waals surface area contributed by atoms with E-state index in [1.165, 1.54) is 70.6 Å². The molecule has 0 aromatic heterocycles. The molecular formula is C22H36O2. The first-order valence-electron chi connectivity index (χ1n) is 10.5. The van der Waals surface area contributed by atoms with Crippen LogP contribution in [0.4, 0.5) is 0 Å². The third kappa shape index (κ3) is 4.43. The van der Waals surface area contributed by atoms with Gasteiger partial charge in [0.15, 0.2) is 0 Å². The van der Waals surface area contributed by atoms with Crippen molar-refractivity contribution in [1.29, 1.82) is 0 Å². The van der Waals surface area contributed by atoms with Crippen molar-refractivity contribution in [3.63, 3.8) is 0 Å². The Kier molecular flexibility index (Phi) is 6.41. The molecule has 2 heteroatoms. The molecule has 3 fully saturated rings. The van der Waals surface area contributed by atoms with E-state index in [0.29, 0.717) is 0 Å². The van der Waals surface area contributed by atoms with Crippen molar-refractivity contribution in [2.24, 2.45) is 35.5 Å². The fraction of sp³-hybridized carbons (Fsp3) is 0.864. The second-order valence-electron chi connectivity index (χ2n) is 8.93. The zero-order valence-electron chi connectivity index (χ0n) is 15.3. The van der Waals surface area contributed by atoms with Crippen molar-refractivity contribution in [3.05, 3.63) is 12.7 Å². The number of allylic oxidation sites excluding steroid dienone is 1. The SMILES string of the molecule is C=CCC1CCC(C2CCC(C3CCC(C(=O)O)CC3)CC2)CC1. The Balaban J connectivity index is 1.39. The first-order chi connectivity index (χ1) is 11.7. The monoisotopic (exact) mass is 332 g/mol. The van der Waals surface area contributed by atoms with Gasteiger partial charge in [-0.2, -0.15) is 0 Å². The highest BCUT2D eigenvalue weighted by Crippen LogP contribution is 2.46. The third-order valence-corrected chi connectivity index (χ3v) is 7.66. The third-order valence-electron chi connectivity index (χ3n) is 7.66. The second kappa shape index (κ2) is 8.54. The van der Waals surface area contributed by atoms with Gasteiger partial charge in [-0.05, 0) is 113 Å². The second-order valence-corrected chi connectivity index (χ2v) is 8.93. The number of carbonyl (C=O) groups is 1. The Morgan fingerprint density at radius 1 is 0.750 bits per heavy atom. The first kappa shape index (κ1) is 18.0. The molecule has 3 aliphatic rings. The smallest absolute Gasteiger partial charge is 0.306 e. The maximum atomic E-state index is 11.1. The highest BCUT2D eigenvalue weighted by Gasteiger charge is 2.35. The quantitative estimate of drug-likeness (QED) is 0.621. The van der Waals surface area contributed by atoms with Crippen molar-refractivity contribution in [1.82, 2.24) is 0 Å². The lowest BCUT2D eigenvalue weighted by Crippen LogP contribution is -2.30. The predicted octanol–water partition coefficient (Wildman–Crippen LogP) is 6.07. The van der Waals surface area contributed by atoms with E-state index in [0.717, 1.165) is 42.4 Å². The Morgan fingerprint density at radius 3 is 1.50 bits per heavy atom. The van der Waals surface area contributed by atoms with Gasteiger partial charge in [-0.1, -0.05) is 6.08 Å². The molecule has 3 saturated carbocycles. The number of aliphatic carboxylic acids is 1. The lowest BCUT2D eigenvalue weighted by Gasteiger charge is -2.41. The van der Waals surface area contributed by atoms with E-state index in [-0.39, 0.29) is 5.92 Å². The molecule has 3 rings (SSSR count). The summed E-state index contributed by atoms with van der Waals surface area (Å²) in [6.07, 6.45) is 19.0. The molecule has 0 saturated heterocycles. The fourth-order valence-corrected chi connectivity index (χ4v) is 6.06. The van der Waals surface area contributed by atoms with Crippen molar-refractivity contribution >= 4 is 5.97 Å². The van der Waals surface area contributed by atoms with Crippen LogP contribution in [-0.4, -0.2) is 11.1 Å². The maximum Gasteiger partial charge on any atom is 0.306 e. The van der Waals surface area contributed by atoms with E-state index in [1.807, 2.05) is 0 Å². The van der Waals surface area contributed by atoms with Crippen molar-refractivity contribution in [2.45, 2.75) is 83.5 Å². The van der Waals surface area contributed by atoms with Crippen LogP contribution < -0.4 is 0 Å². The van der Waals surface area contributed by atoms with Gasteiger partial charge < -0.3 is 5.11 Å². The molecule has 0 aliphatic heterocycles. The molecule has 0 aromatic rings. The van der Waals surface area contributed by atoms with Gasteiger partial charge in [0.05, 0.1) is 5.92 Å². The summed E-state index contributed by atoms with van der Waals surface area (Å²) in [5.41, 5.74) is 0. The number of hydrogen-bond donors (Lipinski definition) is 1. The molecule has 1 N–H and O–H groups in total. The molecule has 136 valence electrons. The van der Waals surface area contributed by atoms with Gasteiger partial charge in [0.1, 0.15) is 0 Å². The van der Waals surface area contributed by atoms with Crippen LogP contribution in [0.3, 0.4) is 0 Å². The summed E-state index contributed by atoms with van der Waals surface area (Å²) < 4.78 is 0. The molecule has 0 atom stereocenters. The Bertz CT molecular complexity index is 406. The molecule has 0 radical (unpaired) electrons. The van der Waals surface area contributed by atoms with Gasteiger partial charge in [0.2, 0.25) is 0 Å². The van der Waals surface area contributed by atoms with Crippen LogP contribution >= 0.6 is 0 Å². The molecular weight excluding hydrogens is 296 g/mol. The molecule has 0 aromatic carbocycles. The standard InChI is InChI=1S/C22H36O2/c1-2-3-16-4-6-17(7-5-16)18-8-10-19(11-9-18)20-12-14-21(15-13-20)22(23)24/h2,16-21H,1,3-15H2,(H,23,24). The topological polar surface area (TPSA) is 37.3 Å². The zero-order chi connectivity index (χ0) is 16.9. The van der Waals surface area contributed by atoms with Crippen LogP contribution in [0.2, 0.25) is 0 Å². The van der Waals surface area contributed by atoms with E-state index in [9.17, 15) is 4.79 Å². The van der Waals surface area contributed by atoms with Crippen molar-refractivity contribution in [2.75, 3.05) is 0 Å². The van der Waals surface area contributed by atoms with Gasteiger partial charge in [-0.15, -0.1) is 6.58 Å². The Labute approximate surface area is 148 Å². The summed E-state index contributed by atoms with van der Waals surface area (Å²) in [6, 6.07) is 0. The van der Waals surface area contributed by atoms with Crippen LogP contribution in [0, 0.1) is 35.5 Å². The molecule has 0 spiro atoms. The highest BCUT2D eigenvalue weighted by atomic mass is 16.4. The van der Waals surface area contributed by atoms with Crippen molar-refractivity contribution in [3.8, 4) is 0 Å². The summed E-state index contributed by atoms with van der Waals surface area (Å²) in [5, 5.41) is 9.16. The van der Waals surface area contributed by atoms with Crippen molar-refractivity contribution < 1.29 is 9.90 Å². The summed E-state index contributed by atoms with van der Waals surface area (Å²) in [7, 11) is 0. The minimum absolute atomic E-state index is 0.0525. The average molecular weight is 333 g/mol. The molecule has 0 unspecified atom stereocenters. The summed E-state index contributed by atoms with van der Waals surface area (Å²) >= 11 is 0. The number of hydrogen-bond acceptors (Lipinski definition) is 1. The molecule has 3 aliphatic carbocycles. The predicted molar refractivity (Wildman–Crippen MR) is 98.8 cm³/mol.